The molecule has 0 bridgehead atoms. The minimum absolute atomic E-state index is 0.372. The molecule has 2 nitrogen and oxygen atoms in total. The van der Waals surface area contributed by atoms with E-state index in [1.54, 1.807) is 0 Å². The van der Waals surface area contributed by atoms with E-state index in [4.69, 9.17) is 5.73 Å². The molecule has 2 aliphatic rings. The van der Waals surface area contributed by atoms with Gasteiger partial charge < -0.3 is 10.6 Å². The van der Waals surface area contributed by atoms with Crippen LogP contribution in [0, 0.1) is 17.8 Å². The summed E-state index contributed by atoms with van der Waals surface area (Å²) in [6, 6.07) is 0.484. The number of hydrogen-bond donors (Lipinski definition) is 1. The highest BCUT2D eigenvalue weighted by Gasteiger charge is 2.28. The van der Waals surface area contributed by atoms with Crippen molar-refractivity contribution < 1.29 is 0 Å². The van der Waals surface area contributed by atoms with E-state index in [0.29, 0.717) is 23.8 Å². The molecule has 0 aromatic heterocycles. The highest BCUT2D eigenvalue weighted by molar-refractivity contribution is 5.27. The zero-order valence-electron chi connectivity index (χ0n) is 11.6. The Morgan fingerprint density at radius 1 is 1.17 bits per heavy atom. The summed E-state index contributed by atoms with van der Waals surface area (Å²) in [5.41, 5.74) is 7.09. The van der Waals surface area contributed by atoms with E-state index in [-0.39, 0.29) is 0 Å². The third kappa shape index (κ3) is 2.75. The maximum Gasteiger partial charge on any atom is 0.0323 e. The fourth-order valence-electron chi connectivity index (χ4n) is 2.90. The van der Waals surface area contributed by atoms with Gasteiger partial charge in [0.1, 0.15) is 0 Å². The van der Waals surface area contributed by atoms with E-state index in [0.717, 1.165) is 12.1 Å². The Labute approximate surface area is 111 Å². The van der Waals surface area contributed by atoms with Crippen molar-refractivity contribution in [2.45, 2.75) is 19.4 Å². The molecular formula is C16H24N2. The van der Waals surface area contributed by atoms with Crippen molar-refractivity contribution in [2.75, 3.05) is 14.1 Å². The van der Waals surface area contributed by atoms with Crippen LogP contribution in [0.25, 0.3) is 0 Å². The molecule has 2 rings (SSSR count). The number of nitrogens with zero attached hydrogens (tertiary/aromatic N) is 1. The van der Waals surface area contributed by atoms with Gasteiger partial charge in [-0.2, -0.15) is 0 Å². The predicted octanol–water partition coefficient (Wildman–Crippen LogP) is 2.71. The molecule has 0 aromatic carbocycles. The zero-order valence-corrected chi connectivity index (χ0v) is 11.6. The second-order valence-corrected chi connectivity index (χ2v) is 5.67. The minimum Gasteiger partial charge on any atom is -0.402 e. The van der Waals surface area contributed by atoms with E-state index < -0.39 is 0 Å². The van der Waals surface area contributed by atoms with Crippen molar-refractivity contribution in [1.82, 2.24) is 4.90 Å². The Morgan fingerprint density at radius 3 is 2.33 bits per heavy atom. The maximum absolute atomic E-state index is 6.09. The summed E-state index contributed by atoms with van der Waals surface area (Å²) >= 11 is 0. The molecule has 98 valence electrons. The molecular weight excluding hydrogens is 220 g/mol. The van der Waals surface area contributed by atoms with Gasteiger partial charge in [0.15, 0.2) is 0 Å². The number of nitrogens with two attached hydrogens (primary N) is 1. The molecule has 0 amide bonds. The summed E-state index contributed by atoms with van der Waals surface area (Å²) in [7, 11) is 4.30. The van der Waals surface area contributed by atoms with Crippen molar-refractivity contribution in [2.24, 2.45) is 23.5 Å². The average molecular weight is 244 g/mol. The molecule has 2 heteroatoms. The Morgan fingerprint density at radius 2 is 1.83 bits per heavy atom. The molecule has 3 atom stereocenters. The normalized spacial score (nSPS) is 26.0. The van der Waals surface area contributed by atoms with Crippen molar-refractivity contribution >= 4 is 0 Å². The van der Waals surface area contributed by atoms with Gasteiger partial charge in [0.05, 0.1) is 0 Å². The van der Waals surface area contributed by atoms with E-state index in [2.05, 4.69) is 62.4 Å². The lowest BCUT2D eigenvalue weighted by Crippen LogP contribution is -2.38. The van der Waals surface area contributed by atoms with Crippen LogP contribution >= 0.6 is 0 Å². The van der Waals surface area contributed by atoms with Crippen molar-refractivity contribution in [1.29, 1.82) is 0 Å². The van der Waals surface area contributed by atoms with E-state index in [9.17, 15) is 0 Å². The fraction of sp³-hybridized carbons (Fsp3) is 0.500. The Bertz CT molecular complexity index is 389. The highest BCUT2D eigenvalue weighted by Crippen LogP contribution is 2.30. The summed E-state index contributed by atoms with van der Waals surface area (Å²) in [6.07, 6.45) is 16.4. The van der Waals surface area contributed by atoms with Crippen LogP contribution in [0.5, 0.6) is 0 Å². The Kier molecular flexibility index (Phi) is 4.07. The standard InChI is InChI=1S/C16H24N2/c1-12(13-7-4-5-8-13)11-16(18(2)3)14-9-6-10-15(14)17/h4-10,12-14,16H,11,17H2,1-3H3/t12-,14?,16-/m1/s1. The molecule has 0 aliphatic heterocycles. The molecule has 2 N–H and O–H groups in total. The van der Waals surface area contributed by atoms with E-state index in [1.807, 2.05) is 6.08 Å². The third-order valence-corrected chi connectivity index (χ3v) is 4.12. The summed E-state index contributed by atoms with van der Waals surface area (Å²) in [6.45, 7) is 2.33. The van der Waals surface area contributed by atoms with Gasteiger partial charge in [0, 0.05) is 17.7 Å². The second kappa shape index (κ2) is 5.57. The summed E-state index contributed by atoms with van der Waals surface area (Å²) in [5, 5.41) is 0. The third-order valence-electron chi connectivity index (χ3n) is 4.12. The maximum atomic E-state index is 6.09. The quantitative estimate of drug-likeness (QED) is 0.805. The second-order valence-electron chi connectivity index (χ2n) is 5.67. The molecule has 0 heterocycles. The lowest BCUT2D eigenvalue weighted by molar-refractivity contribution is 0.208. The first kappa shape index (κ1) is 13.2. The molecule has 0 aromatic rings. The van der Waals surface area contributed by atoms with Crippen LogP contribution in [-0.2, 0) is 0 Å². The summed E-state index contributed by atoms with van der Waals surface area (Å²) in [5.74, 6) is 1.61. The topological polar surface area (TPSA) is 29.3 Å². The first-order chi connectivity index (χ1) is 8.59. The van der Waals surface area contributed by atoms with Crippen LogP contribution in [0.4, 0.5) is 0 Å². The Hall–Kier alpha value is -1.28. The zero-order chi connectivity index (χ0) is 13.1. The highest BCUT2D eigenvalue weighted by atomic mass is 15.1. The van der Waals surface area contributed by atoms with Crippen LogP contribution in [0.1, 0.15) is 13.3 Å². The summed E-state index contributed by atoms with van der Waals surface area (Å²) in [4.78, 5) is 2.31. The molecule has 0 saturated carbocycles. The lowest BCUT2D eigenvalue weighted by Gasteiger charge is -2.33. The van der Waals surface area contributed by atoms with E-state index >= 15 is 0 Å². The van der Waals surface area contributed by atoms with Crippen LogP contribution in [0.15, 0.2) is 48.2 Å². The number of hydrogen-bond acceptors (Lipinski definition) is 2. The van der Waals surface area contributed by atoms with Gasteiger partial charge in [0.2, 0.25) is 0 Å². The van der Waals surface area contributed by atoms with Gasteiger partial charge in [-0.1, -0.05) is 43.4 Å². The molecule has 0 saturated heterocycles. The fourth-order valence-corrected chi connectivity index (χ4v) is 2.90. The van der Waals surface area contributed by atoms with Gasteiger partial charge in [-0.25, -0.2) is 0 Å². The monoisotopic (exact) mass is 244 g/mol. The van der Waals surface area contributed by atoms with Gasteiger partial charge in [-0.3, -0.25) is 0 Å². The molecule has 0 radical (unpaired) electrons. The lowest BCUT2D eigenvalue weighted by atomic mass is 9.84. The summed E-state index contributed by atoms with van der Waals surface area (Å²) < 4.78 is 0. The van der Waals surface area contributed by atoms with Crippen LogP contribution < -0.4 is 5.73 Å². The molecule has 1 unspecified atom stereocenters. The van der Waals surface area contributed by atoms with Gasteiger partial charge in [0.25, 0.3) is 0 Å². The van der Waals surface area contributed by atoms with Gasteiger partial charge >= 0.3 is 0 Å². The number of rotatable bonds is 5. The van der Waals surface area contributed by atoms with Crippen molar-refractivity contribution in [3.8, 4) is 0 Å². The van der Waals surface area contributed by atoms with Crippen LogP contribution in [0.2, 0.25) is 0 Å². The molecule has 0 fully saturated rings. The Balaban J connectivity index is 2.02. The average Bonchev–Trinajstić information content (AvgIpc) is 2.96. The minimum atomic E-state index is 0.372. The van der Waals surface area contributed by atoms with Crippen LogP contribution in [-0.4, -0.2) is 25.0 Å². The smallest absolute Gasteiger partial charge is 0.0323 e. The number of allylic oxidation sites excluding steroid dienone is 6. The van der Waals surface area contributed by atoms with E-state index in [1.165, 1.54) is 0 Å². The first-order valence-corrected chi connectivity index (χ1v) is 6.75. The first-order valence-electron chi connectivity index (χ1n) is 6.75. The van der Waals surface area contributed by atoms with Crippen LogP contribution in [0.3, 0.4) is 0 Å². The predicted molar refractivity (Wildman–Crippen MR) is 77.9 cm³/mol. The largest absolute Gasteiger partial charge is 0.402 e. The van der Waals surface area contributed by atoms with Gasteiger partial charge in [-0.05, 0) is 38.4 Å². The SMILES string of the molecule is C[C@H](C[C@H](C1C=CC=C1N)N(C)C)C1C=CC=C1. The van der Waals surface area contributed by atoms with Crippen molar-refractivity contribution in [3.63, 3.8) is 0 Å². The molecule has 0 spiro atoms. The molecule has 18 heavy (non-hydrogen) atoms. The molecule has 2 aliphatic carbocycles. The van der Waals surface area contributed by atoms with Crippen molar-refractivity contribution in [3.05, 3.63) is 48.2 Å². The van der Waals surface area contributed by atoms with Gasteiger partial charge in [-0.15, -0.1) is 0 Å².